The minimum atomic E-state index is -0.114. The number of anilines is 1. The molecule has 0 spiro atoms. The molecule has 0 bridgehead atoms. The van der Waals surface area contributed by atoms with Gasteiger partial charge in [0, 0.05) is 36.2 Å². The fourth-order valence-electron chi connectivity index (χ4n) is 4.19. The third-order valence-corrected chi connectivity index (χ3v) is 5.77. The molecule has 5 heteroatoms. The van der Waals surface area contributed by atoms with E-state index in [0.717, 1.165) is 30.6 Å². The topological polar surface area (TPSA) is 61.0 Å². The van der Waals surface area contributed by atoms with Gasteiger partial charge < -0.3 is 15.2 Å². The number of hydrogen-bond donors (Lipinski definition) is 2. The second kappa shape index (κ2) is 8.46. The van der Waals surface area contributed by atoms with Gasteiger partial charge in [-0.05, 0) is 55.9 Å². The zero-order valence-electron chi connectivity index (χ0n) is 16.4. The van der Waals surface area contributed by atoms with Gasteiger partial charge >= 0.3 is 0 Å². The highest BCUT2D eigenvalue weighted by Gasteiger charge is 2.21. The van der Waals surface area contributed by atoms with E-state index < -0.39 is 0 Å². The van der Waals surface area contributed by atoms with Crippen LogP contribution in [-0.4, -0.2) is 35.0 Å². The van der Waals surface area contributed by atoms with Crippen molar-refractivity contribution >= 4 is 22.5 Å². The van der Waals surface area contributed by atoms with Crippen molar-refractivity contribution in [3.63, 3.8) is 0 Å². The average Bonchev–Trinajstić information content (AvgIpc) is 3.17. The molecule has 1 amide bonds. The molecule has 4 rings (SSSR count). The highest BCUT2D eigenvalue weighted by Crippen LogP contribution is 2.26. The molecule has 146 valence electrons. The number of carbonyl (C=O) groups excluding carboxylic acids is 1. The highest BCUT2D eigenvalue weighted by molar-refractivity contribution is 5.92. The Morgan fingerprint density at radius 3 is 2.96 bits per heavy atom. The van der Waals surface area contributed by atoms with Crippen molar-refractivity contribution in [3.8, 4) is 0 Å². The number of fused-ring (bicyclic) bond motifs is 1. The smallest absolute Gasteiger partial charge is 0.269 e. The summed E-state index contributed by atoms with van der Waals surface area (Å²) < 4.78 is 0. The van der Waals surface area contributed by atoms with Crippen LogP contribution in [0, 0.1) is 0 Å². The molecule has 1 aromatic carbocycles. The van der Waals surface area contributed by atoms with Crippen molar-refractivity contribution in [2.75, 3.05) is 18.0 Å². The number of nitrogens with one attached hydrogen (secondary N) is 2. The van der Waals surface area contributed by atoms with Gasteiger partial charge in [-0.2, -0.15) is 0 Å². The number of pyridine rings is 1. The molecule has 5 nitrogen and oxygen atoms in total. The number of para-hydroxylation sites is 1. The number of piperidine rings is 1. The molecular formula is C23H28N4O. The highest BCUT2D eigenvalue weighted by atomic mass is 16.1. The van der Waals surface area contributed by atoms with Crippen molar-refractivity contribution in [2.24, 2.45) is 0 Å². The fourth-order valence-corrected chi connectivity index (χ4v) is 4.19. The zero-order chi connectivity index (χ0) is 19.3. The van der Waals surface area contributed by atoms with Crippen LogP contribution in [0.4, 0.5) is 5.69 Å². The van der Waals surface area contributed by atoms with Crippen LogP contribution in [0.25, 0.3) is 10.9 Å². The number of aromatic nitrogens is 2. The molecule has 2 aromatic heterocycles. The number of rotatable bonds is 6. The molecule has 1 unspecified atom stereocenters. The molecule has 3 aromatic rings. The molecular weight excluding hydrogens is 348 g/mol. The fraction of sp³-hybridized carbons (Fsp3) is 0.391. The monoisotopic (exact) mass is 376 g/mol. The molecule has 2 N–H and O–H groups in total. The third-order valence-electron chi connectivity index (χ3n) is 5.77. The Labute approximate surface area is 166 Å². The van der Waals surface area contributed by atoms with Crippen LogP contribution in [0.1, 0.15) is 48.7 Å². The molecule has 1 saturated heterocycles. The SMILES string of the molecule is CCC1CCCCN1c1ccc(C(=O)NCCc2c[nH]c3ccccc23)nc1. The summed E-state index contributed by atoms with van der Waals surface area (Å²) in [6.07, 6.45) is 9.59. The summed E-state index contributed by atoms with van der Waals surface area (Å²) >= 11 is 0. The van der Waals surface area contributed by atoms with Gasteiger partial charge in [-0.3, -0.25) is 4.79 Å². The van der Waals surface area contributed by atoms with Crippen molar-refractivity contribution in [1.29, 1.82) is 0 Å². The van der Waals surface area contributed by atoms with Crippen LogP contribution in [0.15, 0.2) is 48.8 Å². The van der Waals surface area contributed by atoms with E-state index in [1.54, 1.807) is 0 Å². The lowest BCUT2D eigenvalue weighted by molar-refractivity contribution is 0.0949. The van der Waals surface area contributed by atoms with Gasteiger partial charge in [-0.25, -0.2) is 4.98 Å². The number of carbonyl (C=O) groups is 1. The maximum Gasteiger partial charge on any atom is 0.269 e. The van der Waals surface area contributed by atoms with E-state index in [9.17, 15) is 4.79 Å². The minimum absolute atomic E-state index is 0.114. The molecule has 1 fully saturated rings. The molecule has 3 heterocycles. The van der Waals surface area contributed by atoms with Gasteiger partial charge in [-0.1, -0.05) is 25.1 Å². The van der Waals surface area contributed by atoms with Gasteiger partial charge in [0.2, 0.25) is 0 Å². The molecule has 0 radical (unpaired) electrons. The van der Waals surface area contributed by atoms with E-state index in [2.05, 4.69) is 39.2 Å². The summed E-state index contributed by atoms with van der Waals surface area (Å²) in [5.74, 6) is -0.114. The van der Waals surface area contributed by atoms with Crippen LogP contribution in [0.5, 0.6) is 0 Å². The summed E-state index contributed by atoms with van der Waals surface area (Å²) in [5, 5.41) is 4.21. The predicted octanol–water partition coefficient (Wildman–Crippen LogP) is 4.30. The lowest BCUT2D eigenvalue weighted by atomic mass is 9.99. The van der Waals surface area contributed by atoms with Crippen LogP contribution in [0.3, 0.4) is 0 Å². The van der Waals surface area contributed by atoms with Gasteiger partial charge in [0.25, 0.3) is 5.91 Å². The number of aromatic amines is 1. The average molecular weight is 377 g/mol. The number of benzene rings is 1. The van der Waals surface area contributed by atoms with Crippen LogP contribution in [0.2, 0.25) is 0 Å². The molecule has 1 aliphatic rings. The number of nitrogens with zero attached hydrogens (tertiary/aromatic N) is 2. The molecule has 1 atom stereocenters. The molecule has 1 aliphatic heterocycles. The third kappa shape index (κ3) is 3.88. The quantitative estimate of drug-likeness (QED) is 0.674. The lowest BCUT2D eigenvalue weighted by Crippen LogP contribution is -2.39. The van der Waals surface area contributed by atoms with E-state index in [1.165, 1.54) is 30.2 Å². The molecule has 0 aliphatic carbocycles. The number of hydrogen-bond acceptors (Lipinski definition) is 3. The Kier molecular flexibility index (Phi) is 5.60. The Morgan fingerprint density at radius 2 is 2.14 bits per heavy atom. The standard InChI is InChI=1S/C23H28N4O/c1-2-18-7-5-6-14-27(18)19-10-11-22(26-16-19)23(28)24-13-12-17-15-25-21-9-4-3-8-20(17)21/h3-4,8-11,15-16,18,25H,2,5-7,12-14H2,1H3,(H,24,28). The summed E-state index contributed by atoms with van der Waals surface area (Å²) in [6, 6.07) is 12.7. The lowest BCUT2D eigenvalue weighted by Gasteiger charge is -2.37. The van der Waals surface area contributed by atoms with Crippen molar-refractivity contribution in [2.45, 2.75) is 45.1 Å². The Bertz CT molecular complexity index is 931. The van der Waals surface area contributed by atoms with Gasteiger partial charge in [0.05, 0.1) is 11.9 Å². The van der Waals surface area contributed by atoms with E-state index >= 15 is 0 Å². The summed E-state index contributed by atoms with van der Waals surface area (Å²) in [7, 11) is 0. The van der Waals surface area contributed by atoms with Crippen LogP contribution in [-0.2, 0) is 6.42 Å². The Hall–Kier alpha value is -2.82. The largest absolute Gasteiger partial charge is 0.367 e. The van der Waals surface area contributed by atoms with Gasteiger partial charge in [-0.15, -0.1) is 0 Å². The first kappa shape index (κ1) is 18.5. The molecule has 0 saturated carbocycles. The summed E-state index contributed by atoms with van der Waals surface area (Å²) in [6.45, 7) is 3.91. The van der Waals surface area contributed by atoms with E-state index in [0.29, 0.717) is 18.3 Å². The Morgan fingerprint density at radius 1 is 1.25 bits per heavy atom. The predicted molar refractivity (Wildman–Crippen MR) is 114 cm³/mol. The van der Waals surface area contributed by atoms with E-state index in [-0.39, 0.29) is 5.91 Å². The maximum atomic E-state index is 12.4. The summed E-state index contributed by atoms with van der Waals surface area (Å²) in [5.41, 5.74) is 3.95. The first-order valence-corrected chi connectivity index (χ1v) is 10.3. The van der Waals surface area contributed by atoms with Crippen molar-refractivity contribution < 1.29 is 4.79 Å². The van der Waals surface area contributed by atoms with Gasteiger partial charge in [0.15, 0.2) is 0 Å². The summed E-state index contributed by atoms with van der Waals surface area (Å²) in [4.78, 5) is 22.6. The second-order valence-electron chi connectivity index (χ2n) is 7.52. The minimum Gasteiger partial charge on any atom is -0.367 e. The van der Waals surface area contributed by atoms with Gasteiger partial charge in [0.1, 0.15) is 5.69 Å². The zero-order valence-corrected chi connectivity index (χ0v) is 16.4. The number of amides is 1. The second-order valence-corrected chi connectivity index (χ2v) is 7.52. The number of H-pyrrole nitrogens is 1. The maximum absolute atomic E-state index is 12.4. The first-order valence-electron chi connectivity index (χ1n) is 10.3. The first-order chi connectivity index (χ1) is 13.8. The van der Waals surface area contributed by atoms with Crippen molar-refractivity contribution in [3.05, 3.63) is 60.0 Å². The normalized spacial score (nSPS) is 17.0. The Balaban J connectivity index is 1.34. The van der Waals surface area contributed by atoms with E-state index in [4.69, 9.17) is 0 Å². The van der Waals surface area contributed by atoms with E-state index in [1.807, 2.05) is 36.7 Å². The van der Waals surface area contributed by atoms with Crippen LogP contribution >= 0.6 is 0 Å². The van der Waals surface area contributed by atoms with Crippen LogP contribution < -0.4 is 10.2 Å². The van der Waals surface area contributed by atoms with Crippen molar-refractivity contribution in [1.82, 2.24) is 15.3 Å². The molecule has 28 heavy (non-hydrogen) atoms.